The Labute approximate surface area is 178 Å². The summed E-state index contributed by atoms with van der Waals surface area (Å²) < 4.78 is 1.58. The van der Waals surface area contributed by atoms with E-state index in [4.69, 9.17) is 16.6 Å². The van der Waals surface area contributed by atoms with E-state index < -0.39 is 0 Å². The molecule has 158 valence electrons. The lowest BCUT2D eigenvalue weighted by atomic mass is 9.87. The fraction of sp³-hybridized carbons (Fsp3) is 0.609. The molecule has 1 amide bonds. The molecule has 0 spiro atoms. The highest BCUT2D eigenvalue weighted by atomic mass is 35.5. The average Bonchev–Trinajstić information content (AvgIpc) is 2.70. The summed E-state index contributed by atoms with van der Waals surface area (Å²) in [5, 5.41) is 1.09. The minimum atomic E-state index is -0.274. The predicted molar refractivity (Wildman–Crippen MR) is 118 cm³/mol. The van der Waals surface area contributed by atoms with E-state index in [2.05, 4.69) is 13.8 Å². The molecule has 1 aromatic heterocycles. The molecule has 1 aromatic carbocycles. The van der Waals surface area contributed by atoms with Crippen LogP contribution in [0.4, 0.5) is 0 Å². The molecule has 5 nitrogen and oxygen atoms in total. The van der Waals surface area contributed by atoms with E-state index >= 15 is 0 Å². The Hall–Kier alpha value is -1.88. The first-order valence-electron chi connectivity index (χ1n) is 10.8. The molecule has 1 atom stereocenters. The quantitative estimate of drug-likeness (QED) is 0.656. The SMILES string of the molecule is CC(C)CCN(C(=O)C1CCCCC1)C(C)c1nc2cc(Cl)ccc2c(=O)n1C. The summed E-state index contributed by atoms with van der Waals surface area (Å²) in [6.45, 7) is 7.00. The van der Waals surface area contributed by atoms with Crippen molar-refractivity contribution in [1.29, 1.82) is 0 Å². The van der Waals surface area contributed by atoms with Gasteiger partial charge in [0.15, 0.2) is 0 Å². The van der Waals surface area contributed by atoms with Gasteiger partial charge in [-0.15, -0.1) is 0 Å². The van der Waals surface area contributed by atoms with Gasteiger partial charge in [0.1, 0.15) is 5.82 Å². The Bertz CT molecular complexity index is 932. The van der Waals surface area contributed by atoms with Gasteiger partial charge in [-0.05, 0) is 50.3 Å². The molecule has 29 heavy (non-hydrogen) atoms. The molecule has 1 fully saturated rings. The van der Waals surface area contributed by atoms with Crippen LogP contribution in [0, 0.1) is 11.8 Å². The van der Waals surface area contributed by atoms with Crippen LogP contribution in [0.25, 0.3) is 10.9 Å². The smallest absolute Gasteiger partial charge is 0.261 e. The number of benzene rings is 1. The van der Waals surface area contributed by atoms with Crippen LogP contribution in [0.1, 0.15) is 71.2 Å². The second kappa shape index (κ2) is 9.29. The number of hydrogen-bond donors (Lipinski definition) is 0. The van der Waals surface area contributed by atoms with Crippen LogP contribution in [0.5, 0.6) is 0 Å². The third-order valence-corrected chi connectivity index (χ3v) is 6.33. The Kier molecular flexibility index (Phi) is 6.99. The van der Waals surface area contributed by atoms with Crippen LogP contribution in [-0.4, -0.2) is 26.9 Å². The highest BCUT2D eigenvalue weighted by Crippen LogP contribution is 2.29. The lowest BCUT2D eigenvalue weighted by Gasteiger charge is -2.34. The van der Waals surface area contributed by atoms with Gasteiger partial charge in [-0.1, -0.05) is 44.7 Å². The number of carbonyl (C=O) groups is 1. The number of carbonyl (C=O) groups excluding carboxylic acids is 1. The fourth-order valence-corrected chi connectivity index (χ4v) is 4.42. The molecule has 0 saturated heterocycles. The van der Waals surface area contributed by atoms with Gasteiger partial charge in [0.2, 0.25) is 5.91 Å². The van der Waals surface area contributed by atoms with E-state index in [1.807, 2.05) is 11.8 Å². The zero-order chi connectivity index (χ0) is 21.1. The summed E-state index contributed by atoms with van der Waals surface area (Å²) in [7, 11) is 1.74. The summed E-state index contributed by atoms with van der Waals surface area (Å²) in [5.41, 5.74) is 0.471. The van der Waals surface area contributed by atoms with Crippen molar-refractivity contribution < 1.29 is 4.79 Å². The lowest BCUT2D eigenvalue weighted by Crippen LogP contribution is -2.41. The van der Waals surface area contributed by atoms with E-state index in [0.717, 1.165) is 32.1 Å². The molecule has 3 rings (SSSR count). The summed E-state index contributed by atoms with van der Waals surface area (Å²) in [6, 6.07) is 4.86. The molecule has 1 aliphatic rings. The molecule has 0 bridgehead atoms. The molecule has 0 N–H and O–H groups in total. The largest absolute Gasteiger partial charge is 0.333 e. The van der Waals surface area contributed by atoms with Crippen LogP contribution >= 0.6 is 11.6 Å². The summed E-state index contributed by atoms with van der Waals surface area (Å²) in [4.78, 5) is 33.0. The number of hydrogen-bond acceptors (Lipinski definition) is 3. The van der Waals surface area contributed by atoms with Crippen molar-refractivity contribution in [3.63, 3.8) is 0 Å². The van der Waals surface area contributed by atoms with Gasteiger partial charge in [-0.25, -0.2) is 4.98 Å². The van der Waals surface area contributed by atoms with Crippen LogP contribution in [-0.2, 0) is 11.8 Å². The van der Waals surface area contributed by atoms with E-state index in [1.165, 1.54) is 6.42 Å². The maximum absolute atomic E-state index is 13.4. The maximum atomic E-state index is 13.4. The van der Waals surface area contributed by atoms with E-state index in [0.29, 0.717) is 34.2 Å². The predicted octanol–water partition coefficient (Wildman–Crippen LogP) is 5.10. The number of aromatic nitrogens is 2. The monoisotopic (exact) mass is 417 g/mol. The Morgan fingerprint density at radius 2 is 1.93 bits per heavy atom. The highest BCUT2D eigenvalue weighted by molar-refractivity contribution is 6.31. The normalized spacial score (nSPS) is 16.3. The number of rotatable bonds is 6. The first kappa shape index (κ1) is 21.8. The Morgan fingerprint density at radius 3 is 2.59 bits per heavy atom. The van der Waals surface area contributed by atoms with Crippen molar-refractivity contribution >= 4 is 28.4 Å². The van der Waals surface area contributed by atoms with Gasteiger partial charge in [0.25, 0.3) is 5.56 Å². The number of halogens is 1. The summed E-state index contributed by atoms with van der Waals surface area (Å²) >= 11 is 6.13. The zero-order valence-electron chi connectivity index (χ0n) is 17.9. The third-order valence-electron chi connectivity index (χ3n) is 6.10. The van der Waals surface area contributed by atoms with Crippen molar-refractivity contribution in [2.24, 2.45) is 18.9 Å². The van der Waals surface area contributed by atoms with Gasteiger partial charge in [0.05, 0.1) is 16.9 Å². The molecule has 1 aliphatic carbocycles. The molecule has 2 aromatic rings. The van der Waals surface area contributed by atoms with Crippen LogP contribution in [0.3, 0.4) is 0 Å². The molecule has 1 unspecified atom stereocenters. The zero-order valence-corrected chi connectivity index (χ0v) is 18.7. The molecule has 0 aliphatic heterocycles. The molecular formula is C23H32ClN3O2. The average molecular weight is 418 g/mol. The van der Waals surface area contributed by atoms with Gasteiger partial charge < -0.3 is 4.90 Å². The van der Waals surface area contributed by atoms with Crippen molar-refractivity contribution in [3.8, 4) is 0 Å². The number of fused-ring (bicyclic) bond motifs is 1. The van der Waals surface area contributed by atoms with Crippen LogP contribution in [0.2, 0.25) is 5.02 Å². The summed E-state index contributed by atoms with van der Waals surface area (Å²) in [6.07, 6.45) is 6.30. The molecule has 0 radical (unpaired) electrons. The lowest BCUT2D eigenvalue weighted by molar-refractivity contribution is -0.139. The second-order valence-electron chi connectivity index (χ2n) is 8.72. The van der Waals surface area contributed by atoms with Crippen LogP contribution in [0.15, 0.2) is 23.0 Å². The molecule has 1 saturated carbocycles. The Balaban J connectivity index is 1.99. The van der Waals surface area contributed by atoms with Crippen molar-refractivity contribution in [2.45, 2.75) is 65.3 Å². The molecular weight excluding hydrogens is 386 g/mol. The maximum Gasteiger partial charge on any atom is 0.261 e. The van der Waals surface area contributed by atoms with Gasteiger partial charge >= 0.3 is 0 Å². The van der Waals surface area contributed by atoms with Crippen molar-refractivity contribution in [2.75, 3.05) is 6.54 Å². The first-order valence-corrected chi connectivity index (χ1v) is 11.1. The first-order chi connectivity index (χ1) is 13.8. The second-order valence-corrected chi connectivity index (χ2v) is 9.16. The standard InChI is InChI=1S/C23H32ClN3O2/c1-15(2)12-13-27(22(28)17-8-6-5-7-9-17)16(3)21-25-20-14-18(24)10-11-19(20)23(29)26(21)4/h10-11,14-17H,5-9,12-13H2,1-4H3. The molecule has 6 heteroatoms. The van der Waals surface area contributed by atoms with E-state index in [-0.39, 0.29) is 23.4 Å². The van der Waals surface area contributed by atoms with Gasteiger partial charge in [0, 0.05) is 24.5 Å². The number of amides is 1. The van der Waals surface area contributed by atoms with Gasteiger partial charge in [-0.3, -0.25) is 14.2 Å². The molecule has 1 heterocycles. The van der Waals surface area contributed by atoms with Crippen molar-refractivity contribution in [1.82, 2.24) is 14.5 Å². The van der Waals surface area contributed by atoms with Crippen molar-refractivity contribution in [3.05, 3.63) is 39.4 Å². The topological polar surface area (TPSA) is 55.2 Å². The summed E-state index contributed by atoms with van der Waals surface area (Å²) in [5.74, 6) is 1.40. The van der Waals surface area contributed by atoms with Crippen LogP contribution < -0.4 is 5.56 Å². The van der Waals surface area contributed by atoms with E-state index in [1.54, 1.807) is 29.8 Å². The minimum Gasteiger partial charge on any atom is -0.333 e. The van der Waals surface area contributed by atoms with E-state index in [9.17, 15) is 9.59 Å². The Morgan fingerprint density at radius 1 is 1.24 bits per heavy atom. The fourth-order valence-electron chi connectivity index (χ4n) is 4.25. The third kappa shape index (κ3) is 4.82. The number of nitrogens with zero attached hydrogens (tertiary/aromatic N) is 3. The minimum absolute atomic E-state index is 0.0882. The highest BCUT2D eigenvalue weighted by Gasteiger charge is 2.31. The van der Waals surface area contributed by atoms with Gasteiger partial charge in [-0.2, -0.15) is 0 Å².